The molecule has 0 saturated carbocycles. The molecule has 0 aliphatic carbocycles. The molecule has 1 rings (SSSR count). The third-order valence-corrected chi connectivity index (χ3v) is 2.73. The van der Waals surface area contributed by atoms with Crippen molar-refractivity contribution in [2.24, 2.45) is 0 Å². The highest BCUT2D eigenvalue weighted by molar-refractivity contribution is 5.62. The summed E-state index contributed by atoms with van der Waals surface area (Å²) in [5.41, 5.74) is 3.24. The van der Waals surface area contributed by atoms with E-state index in [9.17, 15) is 0 Å². The molecule has 0 unspecified atom stereocenters. The first-order chi connectivity index (χ1) is 9.28. The normalized spacial score (nSPS) is 12.5. The van der Waals surface area contributed by atoms with Crippen LogP contribution in [0.25, 0.3) is 0 Å². The lowest BCUT2D eigenvalue weighted by Gasteiger charge is -2.27. The van der Waals surface area contributed by atoms with E-state index in [0.717, 1.165) is 17.1 Å². The second-order valence-electron chi connectivity index (χ2n) is 3.90. The van der Waals surface area contributed by atoms with Crippen LogP contribution in [0.3, 0.4) is 0 Å². The third kappa shape index (κ3) is 3.85. The molecule has 1 aromatic rings. The minimum atomic E-state index is 1.05. The fraction of sp³-hybridized carbons (Fsp3) is 0.111. The maximum Gasteiger partial charge on any atom is 0.0461 e. The van der Waals surface area contributed by atoms with Crippen molar-refractivity contribution in [1.29, 1.82) is 0 Å². The quantitative estimate of drug-likeness (QED) is 0.626. The van der Waals surface area contributed by atoms with Crippen molar-refractivity contribution >= 4 is 5.69 Å². The lowest BCUT2D eigenvalue weighted by Crippen LogP contribution is -2.19. The van der Waals surface area contributed by atoms with E-state index >= 15 is 0 Å². The molecule has 0 aromatic heterocycles. The van der Waals surface area contributed by atoms with E-state index in [1.807, 2.05) is 56.4 Å². The van der Waals surface area contributed by atoms with E-state index in [1.165, 1.54) is 0 Å². The highest BCUT2D eigenvalue weighted by Gasteiger charge is 2.11. The lowest BCUT2D eigenvalue weighted by molar-refractivity contribution is 1.13. The Hall–Kier alpha value is -2.28. The summed E-state index contributed by atoms with van der Waals surface area (Å²) < 4.78 is 0. The van der Waals surface area contributed by atoms with Gasteiger partial charge in [-0.1, -0.05) is 55.7 Å². The second-order valence-corrected chi connectivity index (χ2v) is 3.90. The molecule has 1 aromatic carbocycles. The van der Waals surface area contributed by atoms with Crippen molar-refractivity contribution in [2.45, 2.75) is 13.8 Å². The molecule has 0 aliphatic heterocycles. The molecule has 0 heterocycles. The molecule has 0 radical (unpaired) electrons. The average molecular weight is 251 g/mol. The van der Waals surface area contributed by atoms with Crippen LogP contribution in [0.15, 0.2) is 91.3 Å². The molecule has 19 heavy (non-hydrogen) atoms. The number of hydrogen-bond acceptors (Lipinski definition) is 1. The Morgan fingerprint density at radius 3 is 2.11 bits per heavy atom. The first-order valence-corrected chi connectivity index (χ1v) is 6.37. The Bertz CT molecular complexity index is 504. The Morgan fingerprint density at radius 2 is 1.63 bits per heavy atom. The zero-order chi connectivity index (χ0) is 14.1. The number of benzene rings is 1. The number of nitrogens with zero attached hydrogens (tertiary/aromatic N) is 1. The molecule has 1 nitrogen and oxygen atoms in total. The van der Waals surface area contributed by atoms with E-state index < -0.39 is 0 Å². The van der Waals surface area contributed by atoms with Crippen LogP contribution < -0.4 is 4.90 Å². The van der Waals surface area contributed by atoms with Gasteiger partial charge in [0.05, 0.1) is 0 Å². The summed E-state index contributed by atoms with van der Waals surface area (Å²) >= 11 is 0. The molecule has 0 spiro atoms. The average Bonchev–Trinajstić information content (AvgIpc) is 2.48. The molecule has 1 heteroatoms. The summed E-state index contributed by atoms with van der Waals surface area (Å²) in [5.74, 6) is 0. The summed E-state index contributed by atoms with van der Waals surface area (Å²) in [7, 11) is 0. The zero-order valence-corrected chi connectivity index (χ0v) is 11.7. The van der Waals surface area contributed by atoms with E-state index in [2.05, 4.69) is 36.3 Å². The van der Waals surface area contributed by atoms with Crippen LogP contribution in [0.1, 0.15) is 13.8 Å². The molecule has 0 amide bonds. The SMILES string of the molecule is C=C/C=C\C(=C/C)N(/C(C=C)=C/C)c1ccccc1. The van der Waals surface area contributed by atoms with E-state index in [1.54, 1.807) is 6.08 Å². The van der Waals surface area contributed by atoms with Gasteiger partial charge >= 0.3 is 0 Å². The van der Waals surface area contributed by atoms with Crippen LogP contribution in [-0.4, -0.2) is 0 Å². The smallest absolute Gasteiger partial charge is 0.0461 e. The fourth-order valence-corrected chi connectivity index (χ4v) is 1.83. The summed E-state index contributed by atoms with van der Waals surface area (Å²) in [5, 5.41) is 0. The standard InChI is InChI=1S/C18H21N/c1-5-9-13-17(8-4)19(16(6-2)7-3)18-14-11-10-12-15-18/h5-15H,1-2H2,3-4H3/b13-9-,16-7+,17-8+. The van der Waals surface area contributed by atoms with Crippen molar-refractivity contribution in [3.05, 3.63) is 91.3 Å². The van der Waals surface area contributed by atoms with Gasteiger partial charge in [-0.15, -0.1) is 0 Å². The minimum absolute atomic E-state index is 1.05. The third-order valence-electron chi connectivity index (χ3n) is 2.73. The van der Waals surface area contributed by atoms with Gasteiger partial charge in [0, 0.05) is 17.1 Å². The number of hydrogen-bond donors (Lipinski definition) is 0. The molecule has 0 bridgehead atoms. The predicted octanol–water partition coefficient (Wildman–Crippen LogP) is 5.23. The summed E-state index contributed by atoms with van der Waals surface area (Å²) in [6, 6.07) is 10.2. The molecular formula is C18H21N. The summed E-state index contributed by atoms with van der Waals surface area (Å²) in [6.45, 7) is 11.6. The molecule has 0 aliphatic rings. The molecule has 0 N–H and O–H groups in total. The maximum absolute atomic E-state index is 3.89. The van der Waals surface area contributed by atoms with Crippen molar-refractivity contribution in [3.8, 4) is 0 Å². The van der Waals surface area contributed by atoms with Gasteiger partial charge in [-0.05, 0) is 38.1 Å². The van der Waals surface area contributed by atoms with Gasteiger partial charge in [0.15, 0.2) is 0 Å². The summed E-state index contributed by atoms with van der Waals surface area (Å²) in [6.07, 6.45) is 11.7. The number of allylic oxidation sites excluding steroid dienone is 6. The Balaban J connectivity index is 3.31. The van der Waals surface area contributed by atoms with E-state index in [4.69, 9.17) is 0 Å². The molecule has 0 saturated heterocycles. The monoisotopic (exact) mass is 251 g/mol. The maximum atomic E-state index is 3.89. The van der Waals surface area contributed by atoms with Crippen LogP contribution in [0.4, 0.5) is 5.69 Å². The van der Waals surface area contributed by atoms with Crippen LogP contribution in [0.5, 0.6) is 0 Å². The molecule has 0 atom stereocenters. The topological polar surface area (TPSA) is 3.24 Å². The van der Waals surface area contributed by atoms with Gasteiger partial charge in [-0.2, -0.15) is 0 Å². The van der Waals surface area contributed by atoms with Gasteiger partial charge in [0.1, 0.15) is 0 Å². The van der Waals surface area contributed by atoms with E-state index in [-0.39, 0.29) is 0 Å². The van der Waals surface area contributed by atoms with E-state index in [0.29, 0.717) is 0 Å². The van der Waals surface area contributed by atoms with Crippen LogP contribution in [0, 0.1) is 0 Å². The second kappa shape index (κ2) is 7.93. The fourth-order valence-electron chi connectivity index (χ4n) is 1.83. The van der Waals surface area contributed by atoms with Crippen molar-refractivity contribution in [2.75, 3.05) is 4.90 Å². The largest absolute Gasteiger partial charge is 0.311 e. The molecule has 98 valence electrons. The summed E-state index contributed by atoms with van der Waals surface area (Å²) in [4.78, 5) is 2.16. The van der Waals surface area contributed by atoms with Gasteiger partial charge in [-0.3, -0.25) is 0 Å². The minimum Gasteiger partial charge on any atom is -0.311 e. The first kappa shape index (κ1) is 14.8. The number of para-hydroxylation sites is 1. The lowest BCUT2D eigenvalue weighted by atomic mass is 10.2. The molecule has 0 fully saturated rings. The highest BCUT2D eigenvalue weighted by Crippen LogP contribution is 2.25. The van der Waals surface area contributed by atoms with Crippen LogP contribution in [0.2, 0.25) is 0 Å². The Labute approximate surface area is 116 Å². The van der Waals surface area contributed by atoms with Gasteiger partial charge < -0.3 is 4.90 Å². The highest BCUT2D eigenvalue weighted by atomic mass is 15.1. The first-order valence-electron chi connectivity index (χ1n) is 6.37. The molecular weight excluding hydrogens is 230 g/mol. The zero-order valence-electron chi connectivity index (χ0n) is 11.7. The van der Waals surface area contributed by atoms with Crippen molar-refractivity contribution in [1.82, 2.24) is 0 Å². The van der Waals surface area contributed by atoms with Crippen molar-refractivity contribution < 1.29 is 0 Å². The van der Waals surface area contributed by atoms with Gasteiger partial charge in [-0.25, -0.2) is 0 Å². The Morgan fingerprint density at radius 1 is 1.00 bits per heavy atom. The van der Waals surface area contributed by atoms with Gasteiger partial charge in [0.25, 0.3) is 0 Å². The Kier molecular flexibility index (Phi) is 6.17. The van der Waals surface area contributed by atoms with Crippen molar-refractivity contribution in [3.63, 3.8) is 0 Å². The van der Waals surface area contributed by atoms with Crippen LogP contribution in [-0.2, 0) is 0 Å². The van der Waals surface area contributed by atoms with Gasteiger partial charge in [0.2, 0.25) is 0 Å². The van der Waals surface area contributed by atoms with Crippen LogP contribution >= 0.6 is 0 Å². The number of rotatable bonds is 6. The number of anilines is 1. The predicted molar refractivity (Wildman–Crippen MR) is 86.0 cm³/mol.